The molecule has 1 aromatic carbocycles. The van der Waals surface area contributed by atoms with Gasteiger partial charge in [-0.05, 0) is 31.0 Å². The molecule has 0 bridgehead atoms. The van der Waals surface area contributed by atoms with Gasteiger partial charge in [-0.3, -0.25) is 4.79 Å². The molecule has 3 N–H and O–H groups in total. The first-order valence-corrected chi connectivity index (χ1v) is 8.00. The first kappa shape index (κ1) is 18.3. The molecule has 6 nitrogen and oxygen atoms in total. The Labute approximate surface area is 146 Å². The van der Waals surface area contributed by atoms with Crippen molar-refractivity contribution in [3.63, 3.8) is 0 Å². The minimum Gasteiger partial charge on any atom is -0.348 e. The second-order valence-corrected chi connectivity index (χ2v) is 6.36. The van der Waals surface area contributed by atoms with Crippen LogP contribution in [0, 0.1) is 0 Å². The quantitative estimate of drug-likeness (QED) is 0.807. The number of rotatable bonds is 4. The fraction of sp³-hybridized carbons (Fsp3) is 0.438. The summed E-state index contributed by atoms with van der Waals surface area (Å²) in [5.41, 5.74) is 3.14. The van der Waals surface area contributed by atoms with Crippen LogP contribution in [0.4, 0.5) is 17.6 Å². The Morgan fingerprint density at radius 3 is 2.85 bits per heavy atom. The number of aromatic nitrogens is 3. The predicted octanol–water partition coefficient (Wildman–Crippen LogP) is 2.24. The van der Waals surface area contributed by atoms with Gasteiger partial charge in [-0.25, -0.2) is 9.07 Å². The van der Waals surface area contributed by atoms with Gasteiger partial charge in [0.25, 0.3) is 5.91 Å². The number of amides is 1. The van der Waals surface area contributed by atoms with Crippen LogP contribution in [-0.2, 0) is 6.18 Å². The van der Waals surface area contributed by atoms with E-state index in [9.17, 15) is 22.4 Å². The molecule has 0 unspecified atom stereocenters. The molecule has 1 aromatic heterocycles. The standard InChI is InChI=1S/C16H17F4N5O/c17-15(9-21)5-4-11(7-15)22-14(26)13-8-25(24-23-13)12-3-1-2-10(6-12)16(18,19)20/h1-3,6,8,11H,4-5,7,9,21H2,(H,22,26)/t11-,15-/m1/s1. The van der Waals surface area contributed by atoms with Crippen LogP contribution in [0.3, 0.4) is 0 Å². The highest BCUT2D eigenvalue weighted by Crippen LogP contribution is 2.33. The van der Waals surface area contributed by atoms with Gasteiger partial charge in [0, 0.05) is 19.0 Å². The van der Waals surface area contributed by atoms with E-state index in [1.807, 2.05) is 0 Å². The van der Waals surface area contributed by atoms with E-state index in [0.29, 0.717) is 6.42 Å². The van der Waals surface area contributed by atoms with Crippen LogP contribution in [0.15, 0.2) is 30.5 Å². The second-order valence-electron chi connectivity index (χ2n) is 6.36. The lowest BCUT2D eigenvalue weighted by atomic mass is 10.1. The number of nitrogens with zero attached hydrogens (tertiary/aromatic N) is 3. The Kier molecular flexibility index (Phi) is 4.70. The zero-order chi connectivity index (χ0) is 18.9. The van der Waals surface area contributed by atoms with Crippen LogP contribution in [-0.4, -0.2) is 39.2 Å². The third kappa shape index (κ3) is 3.85. The lowest BCUT2D eigenvalue weighted by Gasteiger charge is -2.17. The molecular weight excluding hydrogens is 354 g/mol. The van der Waals surface area contributed by atoms with Crippen molar-refractivity contribution in [1.82, 2.24) is 20.3 Å². The van der Waals surface area contributed by atoms with E-state index in [1.165, 1.54) is 18.3 Å². The Balaban J connectivity index is 1.71. The fourth-order valence-corrected chi connectivity index (χ4v) is 2.97. The van der Waals surface area contributed by atoms with E-state index in [4.69, 9.17) is 5.73 Å². The minimum absolute atomic E-state index is 0.0634. The van der Waals surface area contributed by atoms with Crippen molar-refractivity contribution in [3.8, 4) is 5.69 Å². The van der Waals surface area contributed by atoms with Crippen molar-refractivity contribution in [2.24, 2.45) is 5.73 Å². The van der Waals surface area contributed by atoms with E-state index < -0.39 is 23.3 Å². The maximum Gasteiger partial charge on any atom is 0.416 e. The van der Waals surface area contributed by atoms with Crippen LogP contribution in [0.25, 0.3) is 5.69 Å². The average Bonchev–Trinajstić information content (AvgIpc) is 3.22. The minimum atomic E-state index is -4.48. The van der Waals surface area contributed by atoms with Gasteiger partial charge in [0.2, 0.25) is 0 Å². The highest BCUT2D eigenvalue weighted by Gasteiger charge is 2.39. The summed E-state index contributed by atoms with van der Waals surface area (Å²) in [6.07, 6.45) is -2.41. The zero-order valence-corrected chi connectivity index (χ0v) is 13.6. The van der Waals surface area contributed by atoms with Crippen molar-refractivity contribution in [2.45, 2.75) is 37.1 Å². The summed E-state index contributed by atoms with van der Waals surface area (Å²) in [6.45, 7) is -0.106. The van der Waals surface area contributed by atoms with Crippen molar-refractivity contribution >= 4 is 5.91 Å². The van der Waals surface area contributed by atoms with Gasteiger partial charge in [0.05, 0.1) is 17.4 Å². The molecule has 10 heteroatoms. The van der Waals surface area contributed by atoms with Crippen LogP contribution >= 0.6 is 0 Å². The third-order valence-electron chi connectivity index (χ3n) is 4.42. The fourth-order valence-electron chi connectivity index (χ4n) is 2.97. The molecule has 140 valence electrons. The number of carbonyl (C=O) groups is 1. The monoisotopic (exact) mass is 371 g/mol. The lowest BCUT2D eigenvalue weighted by Crippen LogP contribution is -2.37. The Bertz CT molecular complexity index is 806. The molecular formula is C16H17F4N5O. The largest absolute Gasteiger partial charge is 0.416 e. The van der Waals surface area contributed by atoms with Crippen LogP contribution in [0.1, 0.15) is 35.3 Å². The summed E-state index contributed by atoms with van der Waals surface area (Å²) >= 11 is 0. The summed E-state index contributed by atoms with van der Waals surface area (Å²) in [5, 5.41) is 10.0. The molecule has 0 spiro atoms. The van der Waals surface area contributed by atoms with Crippen molar-refractivity contribution in [3.05, 3.63) is 41.7 Å². The van der Waals surface area contributed by atoms with E-state index in [0.717, 1.165) is 16.8 Å². The van der Waals surface area contributed by atoms with Gasteiger partial charge in [0.15, 0.2) is 5.69 Å². The van der Waals surface area contributed by atoms with E-state index in [-0.39, 0.29) is 36.8 Å². The molecule has 3 rings (SSSR count). The number of hydrogen-bond donors (Lipinski definition) is 2. The SMILES string of the molecule is NC[C@@]1(F)CC[C@@H](NC(=O)c2cn(-c3cccc(C(F)(F)F)c3)nn2)C1. The molecule has 1 fully saturated rings. The summed E-state index contributed by atoms with van der Waals surface area (Å²) in [7, 11) is 0. The Hall–Kier alpha value is -2.49. The topological polar surface area (TPSA) is 85.8 Å². The Morgan fingerprint density at radius 2 is 2.19 bits per heavy atom. The van der Waals surface area contributed by atoms with Gasteiger partial charge in [0.1, 0.15) is 5.67 Å². The first-order valence-electron chi connectivity index (χ1n) is 8.00. The van der Waals surface area contributed by atoms with E-state index >= 15 is 0 Å². The van der Waals surface area contributed by atoms with Gasteiger partial charge >= 0.3 is 6.18 Å². The number of hydrogen-bond acceptors (Lipinski definition) is 4. The molecule has 1 aliphatic carbocycles. The summed E-state index contributed by atoms with van der Waals surface area (Å²) in [5.74, 6) is -0.561. The lowest BCUT2D eigenvalue weighted by molar-refractivity contribution is -0.137. The number of nitrogens with one attached hydrogen (secondary N) is 1. The molecule has 0 aliphatic heterocycles. The maximum absolute atomic E-state index is 14.1. The van der Waals surface area contributed by atoms with Crippen LogP contribution < -0.4 is 11.1 Å². The number of benzene rings is 1. The third-order valence-corrected chi connectivity index (χ3v) is 4.42. The molecule has 0 radical (unpaired) electrons. The number of carbonyl (C=O) groups excluding carboxylic acids is 1. The molecule has 0 saturated heterocycles. The van der Waals surface area contributed by atoms with Crippen LogP contribution in [0.2, 0.25) is 0 Å². The van der Waals surface area contributed by atoms with Gasteiger partial charge < -0.3 is 11.1 Å². The highest BCUT2D eigenvalue weighted by molar-refractivity contribution is 5.92. The second kappa shape index (κ2) is 6.67. The molecule has 1 heterocycles. The summed E-state index contributed by atoms with van der Waals surface area (Å²) in [4.78, 5) is 12.2. The molecule has 1 saturated carbocycles. The normalized spacial score (nSPS) is 23.2. The van der Waals surface area contributed by atoms with E-state index in [1.54, 1.807) is 0 Å². The highest BCUT2D eigenvalue weighted by atomic mass is 19.4. The smallest absolute Gasteiger partial charge is 0.348 e. The van der Waals surface area contributed by atoms with Gasteiger partial charge in [-0.2, -0.15) is 13.2 Å². The van der Waals surface area contributed by atoms with Crippen LogP contribution in [0.5, 0.6) is 0 Å². The molecule has 1 amide bonds. The molecule has 2 atom stereocenters. The van der Waals surface area contributed by atoms with E-state index in [2.05, 4.69) is 15.6 Å². The number of nitrogens with two attached hydrogens (primary N) is 1. The summed E-state index contributed by atoms with van der Waals surface area (Å²) < 4.78 is 53.5. The number of alkyl halides is 4. The molecule has 1 aliphatic rings. The number of halogens is 4. The van der Waals surface area contributed by atoms with Crippen molar-refractivity contribution < 1.29 is 22.4 Å². The zero-order valence-electron chi connectivity index (χ0n) is 13.6. The van der Waals surface area contributed by atoms with Gasteiger partial charge in [-0.15, -0.1) is 5.10 Å². The molecule has 26 heavy (non-hydrogen) atoms. The van der Waals surface area contributed by atoms with Crippen molar-refractivity contribution in [1.29, 1.82) is 0 Å². The summed E-state index contributed by atoms with van der Waals surface area (Å²) in [6, 6.07) is 4.14. The maximum atomic E-state index is 14.1. The first-order chi connectivity index (χ1) is 12.2. The average molecular weight is 371 g/mol. The van der Waals surface area contributed by atoms with Crippen molar-refractivity contribution in [2.75, 3.05) is 6.54 Å². The Morgan fingerprint density at radius 1 is 1.42 bits per heavy atom. The predicted molar refractivity (Wildman–Crippen MR) is 84.4 cm³/mol. The molecule has 2 aromatic rings. The van der Waals surface area contributed by atoms with Gasteiger partial charge in [-0.1, -0.05) is 11.3 Å².